The number of hydrogen-bond donors (Lipinski definition) is 1. The van der Waals surface area contributed by atoms with Gasteiger partial charge in [-0.25, -0.2) is 0 Å². The molecule has 1 N–H and O–H groups in total. The predicted octanol–water partition coefficient (Wildman–Crippen LogP) is 2.21. The van der Waals surface area contributed by atoms with Crippen molar-refractivity contribution in [2.45, 2.75) is 24.7 Å². The van der Waals surface area contributed by atoms with Gasteiger partial charge >= 0.3 is 0 Å². The second kappa shape index (κ2) is 5.29. The minimum Gasteiger partial charge on any atom is -0.395 e. The number of likely N-dealkylation sites (N-methyl/N-ethyl adjacent to an activating group) is 1. The second-order valence-electron chi connectivity index (χ2n) is 4.89. The molecule has 0 aliphatic heterocycles. The van der Waals surface area contributed by atoms with E-state index in [9.17, 15) is 4.79 Å². The van der Waals surface area contributed by atoms with Crippen molar-refractivity contribution in [2.75, 3.05) is 20.2 Å². The summed E-state index contributed by atoms with van der Waals surface area (Å²) in [6.07, 6.45) is 2.83. The van der Waals surface area contributed by atoms with Gasteiger partial charge in [0.05, 0.1) is 12.0 Å². The number of hydrogen-bond acceptors (Lipinski definition) is 2. The van der Waals surface area contributed by atoms with Crippen LogP contribution in [0.5, 0.6) is 0 Å². The van der Waals surface area contributed by atoms with Crippen molar-refractivity contribution in [3.05, 3.63) is 34.9 Å². The zero-order valence-corrected chi connectivity index (χ0v) is 11.3. The summed E-state index contributed by atoms with van der Waals surface area (Å²) in [5.74, 6) is 0.102. The van der Waals surface area contributed by atoms with E-state index in [1.165, 1.54) is 0 Å². The Hall–Kier alpha value is -1.06. The van der Waals surface area contributed by atoms with Crippen LogP contribution in [0, 0.1) is 0 Å². The van der Waals surface area contributed by atoms with Gasteiger partial charge in [-0.15, -0.1) is 0 Å². The Kier molecular flexibility index (Phi) is 3.93. The van der Waals surface area contributed by atoms with E-state index in [-0.39, 0.29) is 12.5 Å². The molecule has 1 aromatic carbocycles. The molecular weight excluding hydrogens is 250 g/mol. The SMILES string of the molecule is CN(CCO)C(=O)C1(c2ccc(Cl)cc2)CCC1. The third-order valence-electron chi connectivity index (χ3n) is 3.80. The fraction of sp³-hybridized carbons (Fsp3) is 0.500. The number of nitrogens with zero attached hydrogens (tertiary/aromatic N) is 1. The number of amides is 1. The fourth-order valence-corrected chi connectivity index (χ4v) is 2.67. The summed E-state index contributed by atoms with van der Waals surface area (Å²) in [4.78, 5) is 14.1. The minimum absolute atomic E-state index is 0.00105. The molecule has 1 amide bonds. The van der Waals surface area contributed by atoms with Gasteiger partial charge < -0.3 is 10.0 Å². The van der Waals surface area contributed by atoms with E-state index in [1.54, 1.807) is 11.9 Å². The smallest absolute Gasteiger partial charge is 0.233 e. The van der Waals surface area contributed by atoms with E-state index in [1.807, 2.05) is 24.3 Å². The van der Waals surface area contributed by atoms with Crippen LogP contribution in [0.4, 0.5) is 0 Å². The Balaban J connectivity index is 2.25. The number of aliphatic hydroxyl groups excluding tert-OH is 1. The standard InChI is InChI=1S/C14H18ClNO2/c1-16(9-10-17)13(18)14(7-2-8-14)11-3-5-12(15)6-4-11/h3-6,17H,2,7-10H2,1H3. The molecule has 3 nitrogen and oxygen atoms in total. The van der Waals surface area contributed by atoms with Crippen molar-refractivity contribution in [3.8, 4) is 0 Å². The topological polar surface area (TPSA) is 40.5 Å². The zero-order valence-electron chi connectivity index (χ0n) is 10.5. The fourth-order valence-electron chi connectivity index (χ4n) is 2.54. The van der Waals surface area contributed by atoms with E-state index in [2.05, 4.69) is 0 Å². The molecule has 4 heteroatoms. The van der Waals surface area contributed by atoms with Crippen LogP contribution in [0.2, 0.25) is 5.02 Å². The van der Waals surface area contributed by atoms with Crippen molar-refractivity contribution in [1.82, 2.24) is 4.90 Å². The molecule has 0 aromatic heterocycles. The molecule has 1 fully saturated rings. The lowest BCUT2D eigenvalue weighted by molar-refractivity contribution is -0.140. The van der Waals surface area contributed by atoms with Crippen LogP contribution in [0.15, 0.2) is 24.3 Å². The summed E-state index contributed by atoms with van der Waals surface area (Å²) >= 11 is 5.89. The number of benzene rings is 1. The van der Waals surface area contributed by atoms with Crippen LogP contribution in [-0.4, -0.2) is 36.1 Å². The van der Waals surface area contributed by atoms with Gasteiger partial charge in [-0.1, -0.05) is 30.2 Å². The highest BCUT2D eigenvalue weighted by Crippen LogP contribution is 2.45. The molecule has 2 rings (SSSR count). The number of rotatable bonds is 4. The first-order chi connectivity index (χ1) is 8.60. The quantitative estimate of drug-likeness (QED) is 0.909. The maximum atomic E-state index is 12.5. The molecule has 98 valence electrons. The van der Waals surface area contributed by atoms with Crippen LogP contribution in [-0.2, 0) is 10.2 Å². The summed E-state index contributed by atoms with van der Waals surface area (Å²) in [5.41, 5.74) is 0.641. The molecule has 0 spiro atoms. The molecule has 0 heterocycles. The second-order valence-corrected chi connectivity index (χ2v) is 5.33. The Morgan fingerprint density at radius 1 is 1.39 bits per heavy atom. The normalized spacial score (nSPS) is 17.1. The van der Waals surface area contributed by atoms with Crippen LogP contribution in [0.3, 0.4) is 0 Å². The molecule has 0 saturated heterocycles. The first-order valence-electron chi connectivity index (χ1n) is 6.22. The highest BCUT2D eigenvalue weighted by atomic mass is 35.5. The monoisotopic (exact) mass is 267 g/mol. The molecule has 0 atom stereocenters. The third kappa shape index (κ3) is 2.25. The largest absolute Gasteiger partial charge is 0.395 e. The lowest BCUT2D eigenvalue weighted by atomic mass is 9.63. The number of carbonyl (C=O) groups excluding carboxylic acids is 1. The molecule has 0 bridgehead atoms. The minimum atomic E-state index is -0.394. The molecular formula is C14H18ClNO2. The Bertz CT molecular complexity index is 426. The van der Waals surface area contributed by atoms with Crippen LogP contribution in [0.1, 0.15) is 24.8 Å². The van der Waals surface area contributed by atoms with Gasteiger partial charge in [0.25, 0.3) is 0 Å². The molecule has 18 heavy (non-hydrogen) atoms. The van der Waals surface area contributed by atoms with Gasteiger partial charge in [-0.2, -0.15) is 0 Å². The van der Waals surface area contributed by atoms with E-state index in [0.717, 1.165) is 24.8 Å². The van der Waals surface area contributed by atoms with Gasteiger partial charge in [-0.05, 0) is 30.5 Å². The van der Waals surface area contributed by atoms with Crippen LogP contribution < -0.4 is 0 Å². The van der Waals surface area contributed by atoms with Gasteiger partial charge in [0.2, 0.25) is 5.91 Å². The van der Waals surface area contributed by atoms with Crippen molar-refractivity contribution in [2.24, 2.45) is 0 Å². The number of aliphatic hydroxyl groups is 1. The molecule has 0 unspecified atom stereocenters. The number of carbonyl (C=O) groups is 1. The molecule has 1 saturated carbocycles. The average Bonchev–Trinajstić information content (AvgIpc) is 2.30. The van der Waals surface area contributed by atoms with E-state index < -0.39 is 5.41 Å². The highest BCUT2D eigenvalue weighted by Gasteiger charge is 2.46. The lowest BCUT2D eigenvalue weighted by Gasteiger charge is -2.43. The maximum absolute atomic E-state index is 12.5. The summed E-state index contributed by atoms with van der Waals surface area (Å²) < 4.78 is 0. The summed E-state index contributed by atoms with van der Waals surface area (Å²) in [6.45, 7) is 0.382. The van der Waals surface area contributed by atoms with Gasteiger partial charge in [0.15, 0.2) is 0 Å². The first kappa shape index (κ1) is 13.4. The van der Waals surface area contributed by atoms with E-state index >= 15 is 0 Å². The summed E-state index contributed by atoms with van der Waals surface area (Å²) in [7, 11) is 1.74. The predicted molar refractivity (Wildman–Crippen MR) is 71.7 cm³/mol. The molecule has 1 aliphatic carbocycles. The van der Waals surface area contributed by atoms with Crippen molar-refractivity contribution >= 4 is 17.5 Å². The van der Waals surface area contributed by atoms with Gasteiger partial charge in [-0.3, -0.25) is 4.79 Å². The van der Waals surface area contributed by atoms with Crippen molar-refractivity contribution in [1.29, 1.82) is 0 Å². The Morgan fingerprint density at radius 2 is 2.00 bits per heavy atom. The average molecular weight is 268 g/mol. The summed E-state index contributed by atoms with van der Waals surface area (Å²) in [6, 6.07) is 7.53. The van der Waals surface area contributed by atoms with E-state index in [4.69, 9.17) is 16.7 Å². The number of halogens is 1. The van der Waals surface area contributed by atoms with Gasteiger partial charge in [0.1, 0.15) is 0 Å². The Morgan fingerprint density at radius 3 is 2.44 bits per heavy atom. The maximum Gasteiger partial charge on any atom is 0.233 e. The van der Waals surface area contributed by atoms with Crippen molar-refractivity contribution in [3.63, 3.8) is 0 Å². The summed E-state index contributed by atoms with van der Waals surface area (Å²) in [5, 5.41) is 9.62. The van der Waals surface area contributed by atoms with Gasteiger partial charge in [0, 0.05) is 18.6 Å². The van der Waals surface area contributed by atoms with Crippen molar-refractivity contribution < 1.29 is 9.90 Å². The van der Waals surface area contributed by atoms with Crippen LogP contribution in [0.25, 0.3) is 0 Å². The third-order valence-corrected chi connectivity index (χ3v) is 4.05. The molecule has 0 radical (unpaired) electrons. The highest BCUT2D eigenvalue weighted by molar-refractivity contribution is 6.30. The van der Waals surface area contributed by atoms with Crippen LogP contribution >= 0.6 is 11.6 Å². The Labute approximate surface area is 112 Å². The molecule has 1 aliphatic rings. The lowest BCUT2D eigenvalue weighted by Crippen LogP contribution is -2.50. The zero-order chi connectivity index (χ0) is 13.2. The molecule has 1 aromatic rings. The van der Waals surface area contributed by atoms with E-state index in [0.29, 0.717) is 11.6 Å². The first-order valence-corrected chi connectivity index (χ1v) is 6.60.